The molecule has 0 saturated carbocycles. The number of ether oxygens (including phenoxy) is 1. The second-order valence-electron chi connectivity index (χ2n) is 5.16. The maximum absolute atomic E-state index is 11.4. The molecule has 17 heavy (non-hydrogen) atoms. The molecule has 0 spiro atoms. The van der Waals surface area contributed by atoms with Crippen molar-refractivity contribution in [2.75, 3.05) is 6.61 Å². The Morgan fingerprint density at radius 3 is 2.41 bits per heavy atom. The first kappa shape index (κ1) is 16.0. The van der Waals surface area contributed by atoms with Crippen LogP contribution in [0.4, 0.5) is 0 Å². The zero-order valence-electron chi connectivity index (χ0n) is 11.9. The number of allylic oxidation sites excluding steroid dienone is 3. The lowest BCUT2D eigenvalue weighted by atomic mass is 10.1. The molecule has 0 aromatic heterocycles. The molecular weight excluding hydrogens is 212 g/mol. The van der Waals surface area contributed by atoms with Crippen LogP contribution in [0.3, 0.4) is 0 Å². The molecule has 0 atom stereocenters. The van der Waals surface area contributed by atoms with Crippen LogP contribution in [0.5, 0.6) is 0 Å². The summed E-state index contributed by atoms with van der Waals surface area (Å²) in [7, 11) is 0. The van der Waals surface area contributed by atoms with E-state index in [1.165, 1.54) is 5.57 Å². The van der Waals surface area contributed by atoms with Crippen LogP contribution in [0.15, 0.2) is 23.3 Å². The average Bonchev–Trinajstić information content (AvgIpc) is 2.15. The van der Waals surface area contributed by atoms with Crippen LogP contribution in [-0.4, -0.2) is 12.6 Å². The molecule has 0 radical (unpaired) electrons. The van der Waals surface area contributed by atoms with Crippen LogP contribution in [0.2, 0.25) is 0 Å². The Morgan fingerprint density at radius 2 is 1.88 bits per heavy atom. The smallest absolute Gasteiger partial charge is 0.330 e. The van der Waals surface area contributed by atoms with Crippen LogP contribution in [0.25, 0.3) is 0 Å². The summed E-state index contributed by atoms with van der Waals surface area (Å²) in [6, 6.07) is 0. The number of rotatable bonds is 7. The van der Waals surface area contributed by atoms with Gasteiger partial charge in [-0.25, -0.2) is 4.79 Å². The second-order valence-corrected chi connectivity index (χ2v) is 5.16. The van der Waals surface area contributed by atoms with Crippen molar-refractivity contribution < 1.29 is 9.53 Å². The van der Waals surface area contributed by atoms with Gasteiger partial charge in [-0.15, -0.1) is 0 Å². The van der Waals surface area contributed by atoms with E-state index in [-0.39, 0.29) is 5.97 Å². The fraction of sp³-hybridized carbons (Fsp3) is 0.667. The van der Waals surface area contributed by atoms with Crippen LogP contribution < -0.4 is 0 Å². The zero-order valence-corrected chi connectivity index (χ0v) is 11.9. The van der Waals surface area contributed by atoms with Gasteiger partial charge in [0.05, 0.1) is 6.61 Å². The van der Waals surface area contributed by atoms with E-state index in [4.69, 9.17) is 4.74 Å². The Hall–Kier alpha value is -1.05. The number of esters is 1. The van der Waals surface area contributed by atoms with Gasteiger partial charge in [0.15, 0.2) is 0 Å². The SMILES string of the molecule is CC(C)=CCCC(C)=CC(=O)OCCC(C)C. The normalized spacial score (nSPS) is 11.5. The van der Waals surface area contributed by atoms with Gasteiger partial charge < -0.3 is 4.74 Å². The highest BCUT2D eigenvalue weighted by molar-refractivity contribution is 5.82. The van der Waals surface area contributed by atoms with Crippen molar-refractivity contribution in [1.82, 2.24) is 0 Å². The van der Waals surface area contributed by atoms with Crippen LogP contribution in [-0.2, 0) is 9.53 Å². The molecule has 0 aromatic carbocycles. The average molecular weight is 238 g/mol. The minimum atomic E-state index is -0.208. The number of hydrogen-bond acceptors (Lipinski definition) is 2. The maximum Gasteiger partial charge on any atom is 0.330 e. The topological polar surface area (TPSA) is 26.3 Å². The molecular formula is C15H26O2. The quantitative estimate of drug-likeness (QED) is 0.376. The minimum absolute atomic E-state index is 0.208. The molecule has 98 valence electrons. The van der Waals surface area contributed by atoms with Crippen molar-refractivity contribution in [2.45, 2.75) is 53.9 Å². The van der Waals surface area contributed by atoms with Crippen LogP contribution in [0.1, 0.15) is 53.9 Å². The summed E-state index contributed by atoms with van der Waals surface area (Å²) in [6.07, 6.45) is 6.63. The highest BCUT2D eigenvalue weighted by Crippen LogP contribution is 2.07. The molecule has 0 fully saturated rings. The molecule has 0 aliphatic rings. The van der Waals surface area contributed by atoms with E-state index in [2.05, 4.69) is 33.8 Å². The molecule has 0 rings (SSSR count). The Morgan fingerprint density at radius 1 is 1.24 bits per heavy atom. The Kier molecular flexibility index (Phi) is 8.47. The molecule has 0 saturated heterocycles. The van der Waals surface area contributed by atoms with E-state index in [9.17, 15) is 4.79 Å². The van der Waals surface area contributed by atoms with E-state index in [1.54, 1.807) is 6.08 Å². The lowest BCUT2D eigenvalue weighted by molar-refractivity contribution is -0.138. The van der Waals surface area contributed by atoms with E-state index >= 15 is 0 Å². The largest absolute Gasteiger partial charge is 0.463 e. The molecule has 2 heteroatoms. The van der Waals surface area contributed by atoms with Gasteiger partial charge in [-0.1, -0.05) is 31.1 Å². The van der Waals surface area contributed by atoms with Gasteiger partial charge in [0.1, 0.15) is 0 Å². The van der Waals surface area contributed by atoms with Crippen molar-refractivity contribution in [1.29, 1.82) is 0 Å². The van der Waals surface area contributed by atoms with Gasteiger partial charge in [0.2, 0.25) is 0 Å². The summed E-state index contributed by atoms with van der Waals surface area (Å²) < 4.78 is 5.12. The number of hydrogen-bond donors (Lipinski definition) is 0. The first-order valence-corrected chi connectivity index (χ1v) is 6.39. The fourth-order valence-electron chi connectivity index (χ4n) is 1.30. The van der Waals surface area contributed by atoms with E-state index < -0.39 is 0 Å². The first-order valence-electron chi connectivity index (χ1n) is 6.39. The van der Waals surface area contributed by atoms with Gasteiger partial charge >= 0.3 is 5.97 Å². The number of carbonyl (C=O) groups is 1. The third kappa shape index (κ3) is 11.2. The molecule has 0 bridgehead atoms. The molecule has 0 N–H and O–H groups in total. The van der Waals surface area contributed by atoms with Gasteiger partial charge in [0, 0.05) is 6.08 Å². The second kappa shape index (κ2) is 9.03. The molecule has 0 aliphatic heterocycles. The Balaban J connectivity index is 3.86. The minimum Gasteiger partial charge on any atom is -0.463 e. The first-order chi connectivity index (χ1) is 7.91. The summed E-state index contributed by atoms with van der Waals surface area (Å²) in [5.74, 6) is 0.367. The van der Waals surface area contributed by atoms with Crippen molar-refractivity contribution >= 4 is 5.97 Å². The molecule has 2 nitrogen and oxygen atoms in total. The van der Waals surface area contributed by atoms with Gasteiger partial charge in [0.25, 0.3) is 0 Å². The Bertz CT molecular complexity index is 281. The van der Waals surface area contributed by atoms with Crippen molar-refractivity contribution in [3.63, 3.8) is 0 Å². The van der Waals surface area contributed by atoms with Gasteiger partial charge in [-0.05, 0) is 46.0 Å². The van der Waals surface area contributed by atoms with Gasteiger partial charge in [-0.2, -0.15) is 0 Å². The number of carbonyl (C=O) groups excluding carboxylic acids is 1. The highest BCUT2D eigenvalue weighted by atomic mass is 16.5. The lowest BCUT2D eigenvalue weighted by Gasteiger charge is -2.05. The third-order valence-electron chi connectivity index (χ3n) is 2.40. The monoisotopic (exact) mass is 238 g/mol. The van der Waals surface area contributed by atoms with E-state index in [0.29, 0.717) is 12.5 Å². The summed E-state index contributed by atoms with van der Waals surface area (Å²) in [5, 5.41) is 0. The lowest BCUT2D eigenvalue weighted by Crippen LogP contribution is -2.05. The zero-order chi connectivity index (χ0) is 13.3. The summed E-state index contributed by atoms with van der Waals surface area (Å²) >= 11 is 0. The van der Waals surface area contributed by atoms with Gasteiger partial charge in [-0.3, -0.25) is 0 Å². The molecule has 0 heterocycles. The van der Waals surface area contributed by atoms with E-state index in [1.807, 2.05) is 6.92 Å². The van der Waals surface area contributed by atoms with Crippen molar-refractivity contribution in [2.24, 2.45) is 5.92 Å². The van der Waals surface area contributed by atoms with Crippen molar-refractivity contribution in [3.8, 4) is 0 Å². The summed E-state index contributed by atoms with van der Waals surface area (Å²) in [5.41, 5.74) is 2.40. The highest BCUT2D eigenvalue weighted by Gasteiger charge is 2.00. The predicted octanol–water partition coefficient (Wildman–Crippen LogP) is 4.27. The summed E-state index contributed by atoms with van der Waals surface area (Å²) in [6.45, 7) is 10.9. The molecule has 0 aliphatic carbocycles. The van der Waals surface area contributed by atoms with Crippen LogP contribution >= 0.6 is 0 Å². The van der Waals surface area contributed by atoms with Crippen LogP contribution in [0, 0.1) is 5.92 Å². The van der Waals surface area contributed by atoms with Crippen molar-refractivity contribution in [3.05, 3.63) is 23.3 Å². The fourth-order valence-corrected chi connectivity index (χ4v) is 1.30. The van der Waals surface area contributed by atoms with E-state index in [0.717, 1.165) is 24.8 Å². The summed E-state index contributed by atoms with van der Waals surface area (Å²) in [4.78, 5) is 11.4. The standard InChI is InChI=1S/C15H26O2/c1-12(2)7-6-8-14(5)11-15(16)17-10-9-13(3)4/h7,11,13H,6,8-10H2,1-5H3. The predicted molar refractivity (Wildman–Crippen MR) is 72.8 cm³/mol. The third-order valence-corrected chi connectivity index (χ3v) is 2.40. The molecule has 0 unspecified atom stereocenters. The molecule has 0 amide bonds. The molecule has 0 aromatic rings. The Labute approximate surface area is 106 Å². The maximum atomic E-state index is 11.4.